The molecule has 1 aliphatic heterocycles. The Bertz CT molecular complexity index is 774. The maximum Gasteiger partial charge on any atom is 0.191 e. The molecule has 0 radical (unpaired) electrons. The van der Waals surface area contributed by atoms with Crippen LogP contribution in [0.4, 0.5) is 5.69 Å². The fourth-order valence-corrected chi connectivity index (χ4v) is 3.32. The highest BCUT2D eigenvalue weighted by atomic mass is 15.2. The van der Waals surface area contributed by atoms with Crippen molar-refractivity contribution in [1.82, 2.24) is 10.6 Å². The van der Waals surface area contributed by atoms with Crippen LogP contribution in [-0.2, 0) is 6.54 Å². The van der Waals surface area contributed by atoms with Crippen molar-refractivity contribution in [3.05, 3.63) is 77.9 Å². The third-order valence-corrected chi connectivity index (χ3v) is 5.22. The predicted octanol–water partition coefficient (Wildman–Crippen LogP) is 3.92. The Kier molecular flexibility index (Phi) is 6.53. The molecule has 0 saturated carbocycles. The molecular weight excluding hydrogens is 332 g/mol. The van der Waals surface area contributed by atoms with Crippen molar-refractivity contribution in [2.45, 2.75) is 32.4 Å². The summed E-state index contributed by atoms with van der Waals surface area (Å²) in [7, 11) is 1.82. The van der Waals surface area contributed by atoms with E-state index in [4.69, 9.17) is 0 Å². The SMILES string of the molecule is CN=C(NCc1cccc(N2CC=CC2)c1)NC(C)C(C)c1ccccc1. The Morgan fingerprint density at radius 3 is 2.48 bits per heavy atom. The van der Waals surface area contributed by atoms with Crippen molar-refractivity contribution in [2.75, 3.05) is 25.0 Å². The second kappa shape index (κ2) is 9.26. The number of anilines is 1. The van der Waals surface area contributed by atoms with Crippen molar-refractivity contribution < 1.29 is 0 Å². The summed E-state index contributed by atoms with van der Waals surface area (Å²) in [5, 5.41) is 6.97. The fraction of sp³-hybridized carbons (Fsp3) is 0.348. The summed E-state index contributed by atoms with van der Waals surface area (Å²) < 4.78 is 0. The lowest BCUT2D eigenvalue weighted by atomic mass is 9.94. The van der Waals surface area contributed by atoms with Gasteiger partial charge >= 0.3 is 0 Å². The smallest absolute Gasteiger partial charge is 0.191 e. The maximum atomic E-state index is 4.39. The van der Waals surface area contributed by atoms with Gasteiger partial charge in [0.2, 0.25) is 0 Å². The Labute approximate surface area is 163 Å². The number of rotatable bonds is 6. The standard InChI is InChI=1S/C23H30N4/c1-18(21-11-5-4-6-12-21)19(2)26-23(24-3)25-17-20-10-9-13-22(16-20)27-14-7-8-15-27/h4-13,16,18-19H,14-15,17H2,1-3H3,(H2,24,25,26). The minimum absolute atomic E-state index is 0.278. The third kappa shape index (κ3) is 5.13. The lowest BCUT2D eigenvalue weighted by Crippen LogP contribution is -2.43. The summed E-state index contributed by atoms with van der Waals surface area (Å²) >= 11 is 0. The first kappa shape index (κ1) is 19.0. The second-order valence-corrected chi connectivity index (χ2v) is 7.10. The molecule has 0 fully saturated rings. The monoisotopic (exact) mass is 362 g/mol. The van der Waals surface area contributed by atoms with Gasteiger partial charge in [-0.2, -0.15) is 0 Å². The van der Waals surface area contributed by atoms with Crippen LogP contribution in [0, 0.1) is 0 Å². The molecule has 0 saturated heterocycles. The zero-order valence-corrected chi connectivity index (χ0v) is 16.5. The van der Waals surface area contributed by atoms with Gasteiger partial charge in [0.15, 0.2) is 5.96 Å². The second-order valence-electron chi connectivity index (χ2n) is 7.10. The van der Waals surface area contributed by atoms with Crippen molar-refractivity contribution in [3.8, 4) is 0 Å². The summed E-state index contributed by atoms with van der Waals surface area (Å²) in [6, 6.07) is 19.6. The third-order valence-electron chi connectivity index (χ3n) is 5.22. The van der Waals surface area contributed by atoms with Gasteiger partial charge in [0.1, 0.15) is 0 Å². The first-order chi connectivity index (χ1) is 13.2. The predicted molar refractivity (Wildman–Crippen MR) is 115 cm³/mol. The summed E-state index contributed by atoms with van der Waals surface area (Å²) in [5.74, 6) is 1.23. The van der Waals surface area contributed by atoms with E-state index in [9.17, 15) is 0 Å². The number of benzene rings is 2. The maximum absolute atomic E-state index is 4.39. The van der Waals surface area contributed by atoms with Crippen LogP contribution >= 0.6 is 0 Å². The van der Waals surface area contributed by atoms with Crippen LogP contribution in [0.1, 0.15) is 30.9 Å². The van der Waals surface area contributed by atoms with Gasteiger partial charge in [0.25, 0.3) is 0 Å². The molecule has 1 heterocycles. The molecular formula is C23H30N4. The molecule has 2 aromatic carbocycles. The molecule has 0 aromatic heterocycles. The summed E-state index contributed by atoms with van der Waals surface area (Å²) in [6.07, 6.45) is 4.43. The highest BCUT2D eigenvalue weighted by Crippen LogP contribution is 2.19. The minimum Gasteiger partial charge on any atom is -0.364 e. The van der Waals surface area contributed by atoms with Crippen molar-refractivity contribution in [3.63, 3.8) is 0 Å². The van der Waals surface area contributed by atoms with E-state index in [1.54, 1.807) is 0 Å². The Morgan fingerprint density at radius 1 is 1.04 bits per heavy atom. The number of nitrogens with one attached hydrogen (secondary N) is 2. The molecule has 4 heteroatoms. The van der Waals surface area contributed by atoms with Gasteiger partial charge in [-0.1, -0.05) is 61.5 Å². The lowest BCUT2D eigenvalue weighted by Gasteiger charge is -2.24. The lowest BCUT2D eigenvalue weighted by molar-refractivity contribution is 0.550. The zero-order chi connectivity index (χ0) is 19.1. The Hall–Kier alpha value is -2.75. The van der Waals surface area contributed by atoms with E-state index >= 15 is 0 Å². The number of hydrogen-bond acceptors (Lipinski definition) is 2. The van der Waals surface area contributed by atoms with Crippen LogP contribution in [0.2, 0.25) is 0 Å². The molecule has 0 spiro atoms. The first-order valence-electron chi connectivity index (χ1n) is 9.68. The molecule has 2 N–H and O–H groups in total. The quantitative estimate of drug-likeness (QED) is 0.465. The molecule has 0 amide bonds. The van der Waals surface area contributed by atoms with E-state index < -0.39 is 0 Å². The van der Waals surface area contributed by atoms with Gasteiger partial charge in [-0.25, -0.2) is 0 Å². The van der Waals surface area contributed by atoms with Gasteiger partial charge in [0.05, 0.1) is 0 Å². The molecule has 2 atom stereocenters. The van der Waals surface area contributed by atoms with Crippen LogP contribution in [0.3, 0.4) is 0 Å². The number of guanidine groups is 1. The molecule has 1 aliphatic rings. The van der Waals surface area contributed by atoms with Crippen molar-refractivity contribution >= 4 is 11.6 Å². The average Bonchev–Trinajstić information content (AvgIpc) is 3.26. The summed E-state index contributed by atoms with van der Waals surface area (Å²) in [5.41, 5.74) is 3.86. The van der Waals surface area contributed by atoms with Crippen LogP contribution < -0.4 is 15.5 Å². The van der Waals surface area contributed by atoms with Gasteiger partial charge in [-0.15, -0.1) is 0 Å². The van der Waals surface area contributed by atoms with Crippen molar-refractivity contribution in [2.24, 2.45) is 4.99 Å². The average molecular weight is 363 g/mol. The fourth-order valence-electron chi connectivity index (χ4n) is 3.32. The zero-order valence-electron chi connectivity index (χ0n) is 16.5. The van der Waals surface area contributed by atoms with Gasteiger partial charge in [0, 0.05) is 44.3 Å². The van der Waals surface area contributed by atoms with Crippen LogP contribution in [0.25, 0.3) is 0 Å². The molecule has 142 valence electrons. The van der Waals surface area contributed by atoms with Crippen LogP contribution in [-0.4, -0.2) is 32.1 Å². The van der Waals surface area contributed by atoms with Gasteiger partial charge in [-0.05, 0) is 30.2 Å². The molecule has 0 aliphatic carbocycles. The molecule has 27 heavy (non-hydrogen) atoms. The van der Waals surface area contributed by atoms with E-state index in [0.29, 0.717) is 5.92 Å². The highest BCUT2D eigenvalue weighted by molar-refractivity contribution is 5.80. The van der Waals surface area contributed by atoms with Crippen molar-refractivity contribution in [1.29, 1.82) is 0 Å². The first-order valence-corrected chi connectivity index (χ1v) is 9.68. The van der Waals surface area contributed by atoms with E-state index in [-0.39, 0.29) is 6.04 Å². The number of aliphatic imine (C=N–C) groups is 1. The van der Waals surface area contributed by atoms with E-state index in [1.165, 1.54) is 16.8 Å². The molecule has 4 nitrogen and oxygen atoms in total. The van der Waals surface area contributed by atoms with E-state index in [0.717, 1.165) is 25.6 Å². The molecule has 0 bridgehead atoms. The Balaban J connectivity index is 1.55. The van der Waals surface area contributed by atoms with Gasteiger partial charge < -0.3 is 15.5 Å². The van der Waals surface area contributed by atoms with Crippen LogP contribution in [0.15, 0.2) is 71.7 Å². The number of hydrogen-bond donors (Lipinski definition) is 2. The molecule has 2 unspecified atom stereocenters. The van der Waals surface area contributed by atoms with Gasteiger partial charge in [-0.3, -0.25) is 4.99 Å². The molecule has 3 rings (SSSR count). The highest BCUT2D eigenvalue weighted by Gasteiger charge is 2.15. The topological polar surface area (TPSA) is 39.7 Å². The minimum atomic E-state index is 0.278. The largest absolute Gasteiger partial charge is 0.364 e. The van der Waals surface area contributed by atoms with Crippen LogP contribution in [0.5, 0.6) is 0 Å². The summed E-state index contributed by atoms with van der Waals surface area (Å²) in [4.78, 5) is 6.75. The number of nitrogens with zero attached hydrogens (tertiary/aromatic N) is 2. The van der Waals surface area contributed by atoms with E-state index in [2.05, 4.69) is 101 Å². The summed E-state index contributed by atoms with van der Waals surface area (Å²) in [6.45, 7) is 7.19. The van der Waals surface area contributed by atoms with E-state index in [1.807, 2.05) is 7.05 Å². The molecule has 2 aromatic rings. The normalized spacial score (nSPS) is 16.3. The Morgan fingerprint density at radius 2 is 1.78 bits per heavy atom.